The summed E-state index contributed by atoms with van der Waals surface area (Å²) in [6.45, 7) is -0.327. The zero-order valence-electron chi connectivity index (χ0n) is 17.2. The monoisotopic (exact) mass is 468 g/mol. The highest BCUT2D eigenvalue weighted by atomic mass is 32.2. The third kappa shape index (κ3) is 5.60. The van der Waals surface area contributed by atoms with Crippen LogP contribution < -0.4 is 10.1 Å². The zero-order chi connectivity index (χ0) is 23.3. The van der Waals surface area contributed by atoms with Crippen molar-refractivity contribution in [3.05, 3.63) is 54.1 Å². The lowest BCUT2D eigenvalue weighted by atomic mass is 9.98. The number of esters is 1. The van der Waals surface area contributed by atoms with E-state index < -0.39 is 46.1 Å². The number of sulfonamides is 1. The van der Waals surface area contributed by atoms with Gasteiger partial charge in [0.2, 0.25) is 10.0 Å². The Morgan fingerprint density at radius 2 is 1.72 bits per heavy atom. The lowest BCUT2D eigenvalue weighted by molar-refractivity contribution is -0.152. The fourth-order valence-corrected chi connectivity index (χ4v) is 4.72. The molecule has 0 unspecified atom stereocenters. The Morgan fingerprint density at radius 3 is 2.31 bits per heavy atom. The van der Waals surface area contributed by atoms with E-state index in [0.717, 1.165) is 12.1 Å². The fourth-order valence-electron chi connectivity index (χ4n) is 3.25. The molecule has 1 saturated heterocycles. The molecule has 8 nitrogen and oxygen atoms in total. The van der Waals surface area contributed by atoms with Gasteiger partial charge >= 0.3 is 5.97 Å². The summed E-state index contributed by atoms with van der Waals surface area (Å²) in [6, 6.07) is 8.89. The maximum Gasteiger partial charge on any atom is 0.309 e. The number of carbonyl (C=O) groups excluding carboxylic acids is 2. The van der Waals surface area contributed by atoms with Crippen molar-refractivity contribution in [3.8, 4) is 5.75 Å². The molecule has 3 rings (SSSR count). The van der Waals surface area contributed by atoms with Crippen LogP contribution in [-0.2, 0) is 24.3 Å². The van der Waals surface area contributed by atoms with E-state index >= 15 is 0 Å². The fraction of sp³-hybridized carbons (Fsp3) is 0.333. The molecule has 1 heterocycles. The van der Waals surface area contributed by atoms with E-state index in [1.54, 1.807) is 12.1 Å². The van der Waals surface area contributed by atoms with Crippen LogP contribution in [0.5, 0.6) is 5.75 Å². The van der Waals surface area contributed by atoms with Crippen molar-refractivity contribution in [2.24, 2.45) is 5.92 Å². The summed E-state index contributed by atoms with van der Waals surface area (Å²) in [7, 11) is -2.21. The molecule has 0 saturated carbocycles. The first-order valence-corrected chi connectivity index (χ1v) is 11.2. The predicted molar refractivity (Wildman–Crippen MR) is 110 cm³/mol. The third-order valence-electron chi connectivity index (χ3n) is 5.03. The van der Waals surface area contributed by atoms with Crippen LogP contribution in [0.2, 0.25) is 0 Å². The van der Waals surface area contributed by atoms with Gasteiger partial charge in [-0.2, -0.15) is 4.31 Å². The van der Waals surface area contributed by atoms with Crippen LogP contribution in [0.1, 0.15) is 12.8 Å². The van der Waals surface area contributed by atoms with Gasteiger partial charge in [-0.3, -0.25) is 9.59 Å². The molecular formula is C21H22F2N2O6S. The van der Waals surface area contributed by atoms with Gasteiger partial charge in [-0.25, -0.2) is 17.2 Å². The third-order valence-corrected chi connectivity index (χ3v) is 6.95. The number of halogens is 2. The molecule has 1 aliphatic rings. The molecule has 0 atom stereocenters. The van der Waals surface area contributed by atoms with Gasteiger partial charge in [0, 0.05) is 24.8 Å². The van der Waals surface area contributed by atoms with Gasteiger partial charge < -0.3 is 14.8 Å². The van der Waals surface area contributed by atoms with Gasteiger partial charge in [-0.05, 0) is 49.2 Å². The Hall–Kier alpha value is -3.05. The first-order valence-electron chi connectivity index (χ1n) is 9.76. The highest BCUT2D eigenvalue weighted by Gasteiger charge is 2.33. The van der Waals surface area contributed by atoms with E-state index in [4.69, 9.17) is 9.47 Å². The number of carbonyl (C=O) groups is 2. The SMILES string of the molecule is COc1ccc(S(=O)(=O)N2CCC(C(=O)OCC(=O)Nc3ccc(F)c(F)c3)CC2)cc1. The number of methoxy groups -OCH3 is 1. The van der Waals surface area contributed by atoms with Crippen LogP contribution in [-0.4, -0.2) is 51.4 Å². The van der Waals surface area contributed by atoms with Crippen molar-refractivity contribution in [2.45, 2.75) is 17.7 Å². The minimum atomic E-state index is -3.70. The van der Waals surface area contributed by atoms with Gasteiger partial charge in [0.05, 0.1) is 17.9 Å². The highest BCUT2D eigenvalue weighted by molar-refractivity contribution is 7.89. The lowest BCUT2D eigenvalue weighted by Crippen LogP contribution is -2.40. The molecule has 172 valence electrons. The van der Waals surface area contributed by atoms with Gasteiger partial charge in [-0.15, -0.1) is 0 Å². The van der Waals surface area contributed by atoms with Gasteiger partial charge in [0.1, 0.15) is 5.75 Å². The average Bonchev–Trinajstić information content (AvgIpc) is 2.80. The molecule has 0 aromatic heterocycles. The minimum absolute atomic E-state index is 0.0296. The van der Waals surface area contributed by atoms with Gasteiger partial charge in [0.15, 0.2) is 18.2 Å². The molecule has 0 radical (unpaired) electrons. The maximum absolute atomic E-state index is 13.2. The quantitative estimate of drug-likeness (QED) is 0.627. The molecule has 1 amide bonds. The number of piperidine rings is 1. The summed E-state index contributed by atoms with van der Waals surface area (Å²) in [4.78, 5) is 24.3. The average molecular weight is 468 g/mol. The van der Waals surface area contributed by atoms with Crippen molar-refractivity contribution >= 4 is 27.6 Å². The molecule has 0 bridgehead atoms. The molecular weight excluding hydrogens is 446 g/mol. The van der Waals surface area contributed by atoms with Crippen molar-refractivity contribution in [1.82, 2.24) is 4.31 Å². The second kappa shape index (κ2) is 10.0. The summed E-state index contributed by atoms with van der Waals surface area (Å²) >= 11 is 0. The van der Waals surface area contributed by atoms with Gasteiger partial charge in [-0.1, -0.05) is 0 Å². The second-order valence-corrected chi connectivity index (χ2v) is 9.08. The van der Waals surface area contributed by atoms with E-state index in [2.05, 4.69) is 5.32 Å². The number of nitrogens with one attached hydrogen (secondary N) is 1. The van der Waals surface area contributed by atoms with Crippen molar-refractivity contribution in [2.75, 3.05) is 32.1 Å². The van der Waals surface area contributed by atoms with Crippen molar-refractivity contribution in [3.63, 3.8) is 0 Å². The zero-order valence-corrected chi connectivity index (χ0v) is 18.0. The van der Waals surface area contributed by atoms with Crippen LogP contribution in [0.15, 0.2) is 47.4 Å². The molecule has 32 heavy (non-hydrogen) atoms. The summed E-state index contributed by atoms with van der Waals surface area (Å²) in [5.41, 5.74) is 0.0296. The summed E-state index contributed by atoms with van der Waals surface area (Å²) in [6.07, 6.45) is 0.498. The Morgan fingerprint density at radius 1 is 1.06 bits per heavy atom. The summed E-state index contributed by atoms with van der Waals surface area (Å²) < 4.78 is 63.0. The smallest absolute Gasteiger partial charge is 0.309 e. The topological polar surface area (TPSA) is 102 Å². The Labute approximate surface area is 184 Å². The Bertz CT molecular complexity index is 1080. The molecule has 11 heteroatoms. The van der Waals surface area contributed by atoms with E-state index in [1.807, 2.05) is 0 Å². The number of hydrogen-bond acceptors (Lipinski definition) is 6. The number of nitrogens with zero attached hydrogens (tertiary/aromatic N) is 1. The normalized spacial score (nSPS) is 15.2. The number of rotatable bonds is 7. The van der Waals surface area contributed by atoms with Gasteiger partial charge in [0.25, 0.3) is 5.91 Å². The molecule has 2 aromatic rings. The maximum atomic E-state index is 13.2. The second-order valence-electron chi connectivity index (χ2n) is 7.14. The van der Waals surface area contributed by atoms with Crippen molar-refractivity contribution in [1.29, 1.82) is 0 Å². The number of hydrogen-bond donors (Lipinski definition) is 1. The highest BCUT2D eigenvalue weighted by Crippen LogP contribution is 2.25. The number of amides is 1. The first kappa shape index (κ1) is 23.6. The Balaban J connectivity index is 1.48. The van der Waals surface area contributed by atoms with Crippen LogP contribution in [0.4, 0.5) is 14.5 Å². The van der Waals surface area contributed by atoms with Crippen molar-refractivity contribution < 1.29 is 36.3 Å². The van der Waals surface area contributed by atoms with Crippen LogP contribution >= 0.6 is 0 Å². The van der Waals surface area contributed by atoms with Crippen LogP contribution in [0.25, 0.3) is 0 Å². The predicted octanol–water partition coefficient (Wildman–Crippen LogP) is 2.56. The standard InChI is InChI=1S/C21H22F2N2O6S/c1-30-16-3-5-17(6-4-16)32(28,29)25-10-8-14(9-11-25)21(27)31-13-20(26)24-15-2-7-18(22)19(23)12-15/h2-7,12,14H,8-11,13H2,1H3,(H,24,26). The van der Waals surface area contributed by atoms with E-state index in [9.17, 15) is 26.8 Å². The van der Waals surface area contributed by atoms with Crippen LogP contribution in [0, 0.1) is 17.6 Å². The molecule has 2 aromatic carbocycles. The summed E-state index contributed by atoms with van der Waals surface area (Å²) in [5, 5.41) is 2.30. The first-order chi connectivity index (χ1) is 15.2. The molecule has 1 aliphatic heterocycles. The number of benzene rings is 2. The summed E-state index contributed by atoms with van der Waals surface area (Å²) in [5.74, 6) is -3.49. The van der Waals surface area contributed by atoms with Crippen LogP contribution in [0.3, 0.4) is 0 Å². The molecule has 1 N–H and O–H groups in total. The van der Waals surface area contributed by atoms with E-state index in [1.165, 1.54) is 29.6 Å². The molecule has 0 spiro atoms. The number of anilines is 1. The van der Waals surface area contributed by atoms with E-state index in [-0.39, 0.29) is 36.5 Å². The Kier molecular flexibility index (Phi) is 7.41. The molecule has 0 aliphatic carbocycles. The van der Waals surface area contributed by atoms with E-state index in [0.29, 0.717) is 5.75 Å². The largest absolute Gasteiger partial charge is 0.497 e. The molecule has 1 fully saturated rings. The lowest BCUT2D eigenvalue weighted by Gasteiger charge is -2.30. The minimum Gasteiger partial charge on any atom is -0.497 e. The number of ether oxygens (including phenoxy) is 2.